The highest BCUT2D eigenvalue weighted by atomic mass is 35.5. The molecular weight excluding hydrogens is 465 g/mol. The summed E-state index contributed by atoms with van der Waals surface area (Å²) in [6, 6.07) is 9.43. The van der Waals surface area contributed by atoms with E-state index < -0.39 is 27.5 Å². The molecule has 1 N–H and O–H groups in total. The largest absolute Gasteiger partial charge is 0.481 e. The van der Waals surface area contributed by atoms with Crippen LogP contribution in [0.2, 0.25) is 5.02 Å². The van der Waals surface area contributed by atoms with Gasteiger partial charge in [0.2, 0.25) is 0 Å². The van der Waals surface area contributed by atoms with Gasteiger partial charge >= 0.3 is 5.97 Å². The number of carboxylic acid groups (broad SMARTS) is 1. The molecule has 33 heavy (non-hydrogen) atoms. The normalized spacial score (nSPS) is 18.2. The molecule has 0 amide bonds. The molecule has 0 spiro atoms. The summed E-state index contributed by atoms with van der Waals surface area (Å²) >= 11 is 6.08. The van der Waals surface area contributed by atoms with Gasteiger partial charge in [0.25, 0.3) is 0 Å². The Morgan fingerprint density at radius 3 is 2.52 bits per heavy atom. The van der Waals surface area contributed by atoms with Crippen LogP contribution in [0.5, 0.6) is 0 Å². The maximum absolute atomic E-state index is 14.6. The van der Waals surface area contributed by atoms with Gasteiger partial charge in [-0.1, -0.05) is 30.7 Å². The number of aliphatic carboxylic acids is 1. The van der Waals surface area contributed by atoms with E-state index in [0.29, 0.717) is 35.2 Å². The number of sulfone groups is 1. The fraction of sp³-hybridized carbons (Fsp3) is 0.400. The second kappa shape index (κ2) is 8.76. The predicted octanol–water partition coefficient (Wildman–Crippen LogP) is 5.98. The van der Waals surface area contributed by atoms with E-state index in [4.69, 9.17) is 11.6 Å². The summed E-state index contributed by atoms with van der Waals surface area (Å²) in [5.41, 5.74) is 3.00. The van der Waals surface area contributed by atoms with E-state index in [2.05, 4.69) is 0 Å². The van der Waals surface area contributed by atoms with E-state index in [1.165, 1.54) is 6.07 Å². The number of hydrogen-bond acceptors (Lipinski definition) is 3. The monoisotopic (exact) mass is 491 g/mol. The molecule has 0 saturated carbocycles. The summed E-state index contributed by atoms with van der Waals surface area (Å²) < 4.78 is 42.1. The van der Waals surface area contributed by atoms with E-state index in [0.717, 1.165) is 35.6 Å². The molecule has 3 atom stereocenters. The van der Waals surface area contributed by atoms with Crippen LogP contribution >= 0.6 is 11.6 Å². The van der Waals surface area contributed by atoms with Crippen LogP contribution in [0.4, 0.5) is 4.39 Å². The van der Waals surface area contributed by atoms with Crippen LogP contribution in [-0.2, 0) is 21.1 Å². The van der Waals surface area contributed by atoms with E-state index in [1.54, 1.807) is 12.1 Å². The minimum absolute atomic E-state index is 0.0742. The zero-order valence-electron chi connectivity index (χ0n) is 18.8. The smallest absolute Gasteiger partial charge is 0.307 e. The lowest BCUT2D eigenvalue weighted by molar-refractivity contribution is -0.142. The van der Waals surface area contributed by atoms with E-state index in [9.17, 15) is 22.7 Å². The van der Waals surface area contributed by atoms with Crippen molar-refractivity contribution in [2.24, 2.45) is 5.92 Å². The molecule has 3 aromatic rings. The van der Waals surface area contributed by atoms with Crippen LogP contribution < -0.4 is 0 Å². The van der Waals surface area contributed by atoms with Gasteiger partial charge in [-0.25, -0.2) is 12.8 Å². The summed E-state index contributed by atoms with van der Waals surface area (Å²) in [5, 5.41) is 11.1. The Balaban J connectivity index is 2.13. The molecule has 8 heteroatoms. The van der Waals surface area contributed by atoms with E-state index in [-0.39, 0.29) is 16.9 Å². The number of fused-ring (bicyclic) bond motifs is 3. The molecule has 1 aromatic heterocycles. The van der Waals surface area contributed by atoms with Crippen molar-refractivity contribution in [2.75, 3.05) is 6.26 Å². The number of carboxylic acids is 1. The standard InChI is InChI=1S/C25H27ClFNO4S/c1-4-18(25(29)30)19-6-5-7-20-21-12-17(27)13-22(33(3,31)32)24(21)28(23(19)20)14(2)15-8-10-16(26)11-9-15/h8-14,18-19H,4-7H2,1-3H3,(H,29,30)/t14-,18?,19-/m0/s1. The van der Waals surface area contributed by atoms with Crippen molar-refractivity contribution in [1.82, 2.24) is 4.57 Å². The van der Waals surface area contributed by atoms with Crippen molar-refractivity contribution < 1.29 is 22.7 Å². The van der Waals surface area contributed by atoms with Crippen LogP contribution in [0.15, 0.2) is 41.3 Å². The van der Waals surface area contributed by atoms with Crippen molar-refractivity contribution in [3.8, 4) is 0 Å². The van der Waals surface area contributed by atoms with Crippen molar-refractivity contribution >= 4 is 38.3 Å². The average Bonchev–Trinajstić information content (AvgIpc) is 3.07. The van der Waals surface area contributed by atoms with Crippen molar-refractivity contribution in [1.29, 1.82) is 0 Å². The van der Waals surface area contributed by atoms with Gasteiger partial charge in [0.1, 0.15) is 5.82 Å². The molecule has 4 rings (SSSR count). The quantitative estimate of drug-likeness (QED) is 0.460. The zero-order valence-corrected chi connectivity index (χ0v) is 20.4. The zero-order chi connectivity index (χ0) is 24.1. The van der Waals surface area contributed by atoms with Gasteiger partial charge < -0.3 is 9.67 Å². The number of halogens is 2. The first-order valence-corrected chi connectivity index (χ1v) is 13.4. The second-order valence-corrected chi connectivity index (χ2v) is 11.3. The molecule has 1 heterocycles. The molecule has 0 saturated heterocycles. The maximum atomic E-state index is 14.6. The summed E-state index contributed by atoms with van der Waals surface area (Å²) in [6.07, 6.45) is 3.61. The number of aryl methyl sites for hydroxylation is 1. The highest BCUT2D eigenvalue weighted by Gasteiger charge is 2.38. The highest BCUT2D eigenvalue weighted by Crippen LogP contribution is 2.46. The van der Waals surface area contributed by atoms with Crippen LogP contribution in [0.25, 0.3) is 10.9 Å². The molecule has 1 aliphatic rings. The number of carbonyl (C=O) groups is 1. The molecule has 5 nitrogen and oxygen atoms in total. The molecule has 1 unspecified atom stereocenters. The van der Waals surface area contributed by atoms with Gasteiger partial charge in [-0.05, 0) is 68.0 Å². The van der Waals surface area contributed by atoms with E-state index >= 15 is 0 Å². The maximum Gasteiger partial charge on any atom is 0.307 e. The Kier molecular flexibility index (Phi) is 6.31. The number of benzene rings is 2. The molecule has 1 aliphatic carbocycles. The van der Waals surface area contributed by atoms with Crippen LogP contribution in [0, 0.1) is 11.7 Å². The molecular formula is C25H27ClFNO4S. The van der Waals surface area contributed by atoms with Crippen LogP contribution in [0.1, 0.15) is 61.9 Å². The Morgan fingerprint density at radius 1 is 1.27 bits per heavy atom. The van der Waals surface area contributed by atoms with Crippen molar-refractivity contribution in [2.45, 2.75) is 56.4 Å². The number of aromatic nitrogens is 1. The fourth-order valence-corrected chi connectivity index (χ4v) is 6.37. The minimum atomic E-state index is -3.75. The summed E-state index contributed by atoms with van der Waals surface area (Å²) in [6.45, 7) is 3.80. The SMILES string of the molecule is CCC(C(=O)O)[C@@H]1CCCc2c1n([C@@H](C)c1ccc(Cl)cc1)c1c(S(C)(=O)=O)cc(F)cc21. The summed E-state index contributed by atoms with van der Waals surface area (Å²) in [5.74, 6) is -2.40. The molecule has 2 aromatic carbocycles. The first-order valence-electron chi connectivity index (χ1n) is 11.1. The average molecular weight is 492 g/mol. The van der Waals surface area contributed by atoms with Crippen LogP contribution in [0.3, 0.4) is 0 Å². The van der Waals surface area contributed by atoms with Gasteiger partial charge in [0, 0.05) is 28.3 Å². The highest BCUT2D eigenvalue weighted by molar-refractivity contribution is 7.91. The first-order chi connectivity index (χ1) is 15.5. The molecule has 0 aliphatic heterocycles. The van der Waals surface area contributed by atoms with Crippen LogP contribution in [-0.4, -0.2) is 30.3 Å². The Bertz CT molecular complexity index is 1330. The molecule has 0 fully saturated rings. The lowest BCUT2D eigenvalue weighted by Gasteiger charge is -2.32. The topological polar surface area (TPSA) is 76.4 Å². The Morgan fingerprint density at radius 2 is 1.94 bits per heavy atom. The van der Waals surface area contributed by atoms with Gasteiger partial charge in [-0.2, -0.15) is 0 Å². The van der Waals surface area contributed by atoms with Gasteiger partial charge in [-0.15, -0.1) is 0 Å². The number of rotatable bonds is 6. The van der Waals surface area contributed by atoms with Gasteiger partial charge in [0.15, 0.2) is 9.84 Å². The second-order valence-electron chi connectivity index (χ2n) is 8.89. The van der Waals surface area contributed by atoms with E-state index in [1.807, 2.05) is 30.5 Å². The first kappa shape index (κ1) is 23.8. The lowest BCUT2D eigenvalue weighted by Crippen LogP contribution is -2.27. The predicted molar refractivity (Wildman–Crippen MR) is 127 cm³/mol. The van der Waals surface area contributed by atoms with Gasteiger partial charge in [0.05, 0.1) is 22.4 Å². The lowest BCUT2D eigenvalue weighted by atomic mass is 9.77. The molecule has 0 bridgehead atoms. The molecule has 0 radical (unpaired) electrons. The molecule has 176 valence electrons. The summed E-state index contributed by atoms with van der Waals surface area (Å²) in [4.78, 5) is 12.1. The Labute approximate surface area is 198 Å². The van der Waals surface area contributed by atoms with Crippen molar-refractivity contribution in [3.05, 3.63) is 64.1 Å². The third-order valence-electron chi connectivity index (χ3n) is 6.85. The number of hydrogen-bond donors (Lipinski definition) is 1. The third kappa shape index (κ3) is 4.17. The summed E-state index contributed by atoms with van der Waals surface area (Å²) in [7, 11) is -3.75. The number of nitrogens with zero attached hydrogens (tertiary/aromatic N) is 1. The minimum Gasteiger partial charge on any atom is -0.481 e. The fourth-order valence-electron chi connectivity index (χ4n) is 5.36. The third-order valence-corrected chi connectivity index (χ3v) is 8.21. The Hall–Kier alpha value is -2.38. The van der Waals surface area contributed by atoms with Crippen molar-refractivity contribution in [3.63, 3.8) is 0 Å². The van der Waals surface area contributed by atoms with Gasteiger partial charge in [-0.3, -0.25) is 4.79 Å².